The van der Waals surface area contributed by atoms with Crippen molar-refractivity contribution in [2.75, 3.05) is 25.5 Å². The summed E-state index contributed by atoms with van der Waals surface area (Å²) in [5.74, 6) is -2.11. The first-order valence-electron chi connectivity index (χ1n) is 10.0. The molecule has 1 aliphatic rings. The summed E-state index contributed by atoms with van der Waals surface area (Å²) in [5.41, 5.74) is 1.80. The second-order valence-corrected chi connectivity index (χ2v) is 7.35. The number of carbonyl (C=O) groups is 4. The van der Waals surface area contributed by atoms with E-state index >= 15 is 0 Å². The molecule has 1 heterocycles. The van der Waals surface area contributed by atoms with E-state index in [0.717, 1.165) is 5.56 Å². The average Bonchev–Trinajstić information content (AvgIpc) is 3.18. The first kappa shape index (κ1) is 22.0. The standard InChI is InChI=1S/C23H25N3O5/c1-15(16-7-4-3-5-8-16)26-13-18(12-21(26)28)23(30)31-14-20(27)25-19-10-6-9-17(11-19)22(29)24-2/h3-11,15,18H,12-14H2,1-2H3,(H,24,29)(H,25,27)/t15-,18-/m0/s1. The molecular formula is C23H25N3O5. The predicted octanol–water partition coefficient (Wildman–Crippen LogP) is 2.14. The summed E-state index contributed by atoms with van der Waals surface area (Å²) in [5, 5.41) is 5.10. The number of nitrogens with one attached hydrogen (secondary N) is 2. The number of rotatable bonds is 7. The van der Waals surface area contributed by atoms with Crippen molar-refractivity contribution in [2.24, 2.45) is 5.92 Å². The Morgan fingerprint density at radius 2 is 1.87 bits per heavy atom. The number of hydrogen-bond donors (Lipinski definition) is 2. The maximum absolute atomic E-state index is 12.4. The van der Waals surface area contributed by atoms with Crippen molar-refractivity contribution in [1.82, 2.24) is 10.2 Å². The second-order valence-electron chi connectivity index (χ2n) is 7.35. The molecule has 1 aliphatic heterocycles. The molecule has 162 valence electrons. The van der Waals surface area contributed by atoms with Gasteiger partial charge in [-0.2, -0.15) is 0 Å². The smallest absolute Gasteiger partial charge is 0.311 e. The van der Waals surface area contributed by atoms with Gasteiger partial charge in [0.2, 0.25) is 5.91 Å². The number of hydrogen-bond acceptors (Lipinski definition) is 5. The van der Waals surface area contributed by atoms with E-state index in [9.17, 15) is 19.2 Å². The number of benzene rings is 2. The zero-order valence-electron chi connectivity index (χ0n) is 17.5. The summed E-state index contributed by atoms with van der Waals surface area (Å²) >= 11 is 0. The SMILES string of the molecule is CNC(=O)c1cccc(NC(=O)COC(=O)[C@H]2CC(=O)N([C@@H](C)c3ccccc3)C2)c1. The molecule has 1 fully saturated rings. The van der Waals surface area contributed by atoms with Gasteiger partial charge in [0.15, 0.2) is 6.61 Å². The van der Waals surface area contributed by atoms with E-state index in [-0.39, 0.29) is 30.8 Å². The molecule has 3 rings (SSSR count). The maximum atomic E-state index is 12.4. The molecule has 0 saturated carbocycles. The molecule has 8 nitrogen and oxygen atoms in total. The summed E-state index contributed by atoms with van der Waals surface area (Å²) < 4.78 is 5.13. The van der Waals surface area contributed by atoms with Crippen molar-refractivity contribution in [3.63, 3.8) is 0 Å². The van der Waals surface area contributed by atoms with Gasteiger partial charge in [-0.15, -0.1) is 0 Å². The summed E-state index contributed by atoms with van der Waals surface area (Å²) in [6.45, 7) is 1.70. The Bertz CT molecular complexity index is 976. The number of nitrogens with zero attached hydrogens (tertiary/aromatic N) is 1. The highest BCUT2D eigenvalue weighted by molar-refractivity contribution is 5.97. The summed E-state index contributed by atoms with van der Waals surface area (Å²) in [6.07, 6.45) is 0.0613. The number of carbonyl (C=O) groups excluding carboxylic acids is 4. The van der Waals surface area contributed by atoms with Crippen LogP contribution in [0.25, 0.3) is 0 Å². The van der Waals surface area contributed by atoms with Crippen molar-refractivity contribution < 1.29 is 23.9 Å². The van der Waals surface area contributed by atoms with Crippen LogP contribution in [0.4, 0.5) is 5.69 Å². The van der Waals surface area contributed by atoms with E-state index in [1.807, 2.05) is 37.3 Å². The Morgan fingerprint density at radius 1 is 1.13 bits per heavy atom. The molecule has 0 bridgehead atoms. The molecule has 0 spiro atoms. The lowest BCUT2D eigenvalue weighted by Crippen LogP contribution is -2.30. The van der Waals surface area contributed by atoms with E-state index in [1.165, 1.54) is 13.1 Å². The molecule has 2 atom stereocenters. The van der Waals surface area contributed by atoms with E-state index in [1.54, 1.807) is 23.1 Å². The second kappa shape index (κ2) is 9.88. The van der Waals surface area contributed by atoms with Crippen LogP contribution in [0.5, 0.6) is 0 Å². The van der Waals surface area contributed by atoms with Crippen molar-refractivity contribution in [3.05, 3.63) is 65.7 Å². The minimum atomic E-state index is -0.608. The van der Waals surface area contributed by atoms with Crippen molar-refractivity contribution in [3.8, 4) is 0 Å². The third-order valence-electron chi connectivity index (χ3n) is 5.22. The third kappa shape index (κ3) is 5.48. The predicted molar refractivity (Wildman–Crippen MR) is 114 cm³/mol. The van der Waals surface area contributed by atoms with Crippen molar-refractivity contribution >= 4 is 29.4 Å². The Morgan fingerprint density at radius 3 is 2.58 bits per heavy atom. The van der Waals surface area contributed by atoms with Crippen LogP contribution in [0.3, 0.4) is 0 Å². The van der Waals surface area contributed by atoms with Crippen LogP contribution < -0.4 is 10.6 Å². The molecule has 2 aromatic carbocycles. The Kier molecular flexibility index (Phi) is 7.02. The van der Waals surface area contributed by atoms with Crippen LogP contribution in [-0.2, 0) is 19.1 Å². The van der Waals surface area contributed by atoms with Crippen LogP contribution in [0.15, 0.2) is 54.6 Å². The van der Waals surface area contributed by atoms with Crippen LogP contribution in [0.2, 0.25) is 0 Å². The zero-order chi connectivity index (χ0) is 22.4. The molecule has 2 N–H and O–H groups in total. The van der Waals surface area contributed by atoms with Gasteiger partial charge in [-0.25, -0.2) is 0 Å². The molecule has 8 heteroatoms. The number of esters is 1. The van der Waals surface area contributed by atoms with Gasteiger partial charge in [-0.3, -0.25) is 19.2 Å². The molecular weight excluding hydrogens is 398 g/mol. The number of anilines is 1. The minimum Gasteiger partial charge on any atom is -0.455 e. The van der Waals surface area contributed by atoms with Gasteiger partial charge in [0.05, 0.1) is 12.0 Å². The summed E-state index contributed by atoms with van der Waals surface area (Å²) in [4.78, 5) is 50.3. The highest BCUT2D eigenvalue weighted by atomic mass is 16.5. The molecule has 0 aromatic heterocycles. The number of amides is 3. The fourth-order valence-corrected chi connectivity index (χ4v) is 3.51. The molecule has 0 unspecified atom stereocenters. The van der Waals surface area contributed by atoms with Gasteiger partial charge in [0.1, 0.15) is 0 Å². The largest absolute Gasteiger partial charge is 0.455 e. The lowest BCUT2D eigenvalue weighted by Gasteiger charge is -2.25. The van der Waals surface area contributed by atoms with Crippen LogP contribution in [0.1, 0.15) is 35.3 Å². The van der Waals surface area contributed by atoms with Crippen LogP contribution in [0, 0.1) is 5.92 Å². The van der Waals surface area contributed by atoms with Crippen molar-refractivity contribution in [2.45, 2.75) is 19.4 Å². The number of ether oxygens (including phenoxy) is 1. The highest BCUT2D eigenvalue weighted by Crippen LogP contribution is 2.29. The molecule has 3 amide bonds. The monoisotopic (exact) mass is 423 g/mol. The van der Waals surface area contributed by atoms with Gasteiger partial charge in [-0.1, -0.05) is 36.4 Å². The topological polar surface area (TPSA) is 105 Å². The van der Waals surface area contributed by atoms with Crippen LogP contribution >= 0.6 is 0 Å². The van der Waals surface area contributed by atoms with E-state index < -0.39 is 24.4 Å². The van der Waals surface area contributed by atoms with Gasteiger partial charge in [0, 0.05) is 31.3 Å². The Balaban J connectivity index is 1.51. The summed E-state index contributed by atoms with van der Waals surface area (Å²) in [7, 11) is 1.52. The maximum Gasteiger partial charge on any atom is 0.311 e. The Labute approximate surface area is 180 Å². The Hall–Kier alpha value is -3.68. The quantitative estimate of drug-likeness (QED) is 0.664. The van der Waals surface area contributed by atoms with E-state index in [4.69, 9.17) is 4.74 Å². The van der Waals surface area contributed by atoms with Gasteiger partial charge in [-0.05, 0) is 30.7 Å². The van der Waals surface area contributed by atoms with Gasteiger partial charge in [0.25, 0.3) is 11.8 Å². The van der Waals surface area contributed by atoms with E-state index in [0.29, 0.717) is 11.3 Å². The van der Waals surface area contributed by atoms with Gasteiger partial charge < -0.3 is 20.3 Å². The fourth-order valence-electron chi connectivity index (χ4n) is 3.51. The normalized spacial score (nSPS) is 16.5. The molecule has 0 radical (unpaired) electrons. The first-order valence-corrected chi connectivity index (χ1v) is 10.0. The number of likely N-dealkylation sites (tertiary alicyclic amines) is 1. The minimum absolute atomic E-state index is 0.0613. The molecule has 1 saturated heterocycles. The highest BCUT2D eigenvalue weighted by Gasteiger charge is 2.38. The summed E-state index contributed by atoms with van der Waals surface area (Å²) in [6, 6.07) is 15.8. The zero-order valence-corrected chi connectivity index (χ0v) is 17.5. The molecule has 0 aliphatic carbocycles. The van der Waals surface area contributed by atoms with Gasteiger partial charge >= 0.3 is 5.97 Å². The first-order chi connectivity index (χ1) is 14.9. The third-order valence-corrected chi connectivity index (χ3v) is 5.22. The fraction of sp³-hybridized carbons (Fsp3) is 0.304. The molecule has 31 heavy (non-hydrogen) atoms. The average molecular weight is 423 g/mol. The lowest BCUT2D eigenvalue weighted by atomic mass is 10.1. The van der Waals surface area contributed by atoms with Crippen LogP contribution in [-0.4, -0.2) is 48.8 Å². The lowest BCUT2D eigenvalue weighted by molar-refractivity contribution is -0.151. The molecule has 2 aromatic rings. The van der Waals surface area contributed by atoms with E-state index in [2.05, 4.69) is 10.6 Å². The van der Waals surface area contributed by atoms with Crippen molar-refractivity contribution in [1.29, 1.82) is 0 Å².